The predicted molar refractivity (Wildman–Crippen MR) is 112 cm³/mol. The minimum absolute atomic E-state index is 0.0530. The first-order valence-electron chi connectivity index (χ1n) is 9.84. The summed E-state index contributed by atoms with van der Waals surface area (Å²) in [6.45, 7) is -0.562. The van der Waals surface area contributed by atoms with Crippen molar-refractivity contribution in [2.24, 2.45) is 0 Å². The molecule has 0 saturated heterocycles. The smallest absolute Gasteiger partial charge is 0.474 e. The van der Waals surface area contributed by atoms with E-state index in [1.807, 2.05) is 0 Å². The summed E-state index contributed by atoms with van der Waals surface area (Å²) in [6, 6.07) is 15.9. The van der Waals surface area contributed by atoms with Crippen LogP contribution in [0.3, 0.4) is 0 Å². The van der Waals surface area contributed by atoms with Crippen LogP contribution in [0.25, 0.3) is 0 Å². The Labute approximate surface area is 191 Å². The van der Waals surface area contributed by atoms with E-state index in [-0.39, 0.29) is 23.0 Å². The average Bonchev–Trinajstić information content (AvgIpc) is 3.10. The summed E-state index contributed by atoms with van der Waals surface area (Å²) in [5.74, 6) is 1.81. The largest absolute Gasteiger partial charge is 0.574 e. The van der Waals surface area contributed by atoms with E-state index in [9.17, 15) is 19.0 Å². The number of aliphatic carboxylic acids is 1. The minimum atomic E-state index is -4.45. The van der Waals surface area contributed by atoms with Gasteiger partial charge in [-0.2, -0.15) is 5.90 Å². The standard InChI is InChI=1S/C22H16NO10P/c23-33-34(27,28)32-13-6-8-17-19(10-13)30-18-9-12(29-11-20(24)25)5-7-16(18)22(17)15-4-2-1-3-14(15)21(26)31-22/h1-10H,11H2,23H3,(H-,24,25,27,28)/q+1/p+1. The van der Waals surface area contributed by atoms with Crippen LogP contribution in [0, 0.1) is 0 Å². The van der Waals surface area contributed by atoms with Crippen LogP contribution < -0.4 is 19.9 Å². The molecule has 1 spiro atoms. The molecule has 173 valence electrons. The lowest BCUT2D eigenvalue weighted by Gasteiger charge is -2.36. The van der Waals surface area contributed by atoms with Crippen LogP contribution in [0.1, 0.15) is 27.0 Å². The zero-order valence-corrected chi connectivity index (χ0v) is 18.2. The first-order chi connectivity index (χ1) is 16.2. The summed E-state index contributed by atoms with van der Waals surface area (Å²) in [5.41, 5.74) is 0.508. The molecule has 2 atom stereocenters. The van der Waals surface area contributed by atoms with E-state index in [0.29, 0.717) is 22.3 Å². The number of carboxylic acids is 1. The maximum atomic E-state index is 12.8. The molecule has 11 nitrogen and oxygen atoms in total. The van der Waals surface area contributed by atoms with Gasteiger partial charge in [-0.05, 0) is 24.3 Å². The quantitative estimate of drug-likeness (QED) is 0.204. The van der Waals surface area contributed by atoms with Crippen LogP contribution in [0.2, 0.25) is 0 Å². The molecule has 2 aliphatic heterocycles. The summed E-state index contributed by atoms with van der Waals surface area (Å²) in [7, 11) is -4.45. The van der Waals surface area contributed by atoms with Crippen LogP contribution in [-0.2, 0) is 24.3 Å². The molecular weight excluding hydrogens is 469 g/mol. The van der Waals surface area contributed by atoms with Crippen LogP contribution in [0.5, 0.6) is 23.0 Å². The fourth-order valence-corrected chi connectivity index (χ4v) is 4.52. The molecule has 2 aliphatic rings. The number of fused-ring (bicyclic) bond motifs is 6. The van der Waals surface area contributed by atoms with Gasteiger partial charge in [-0.3, -0.25) is 4.89 Å². The van der Waals surface area contributed by atoms with Crippen molar-refractivity contribution in [1.29, 1.82) is 0 Å². The first kappa shape index (κ1) is 21.9. The maximum Gasteiger partial charge on any atom is 0.574 e. The van der Waals surface area contributed by atoms with Gasteiger partial charge in [-0.15, -0.1) is 0 Å². The fourth-order valence-electron chi connectivity index (χ4n) is 4.09. The molecule has 3 aromatic rings. The lowest BCUT2D eigenvalue weighted by molar-refractivity contribution is -0.642. The molecule has 0 fully saturated rings. The molecule has 12 heteroatoms. The van der Waals surface area contributed by atoms with Crippen molar-refractivity contribution in [1.82, 2.24) is 0 Å². The van der Waals surface area contributed by atoms with Crippen molar-refractivity contribution in [3.05, 3.63) is 82.9 Å². The number of phosphoric ester groups is 1. The number of rotatable bonds is 6. The number of ether oxygens (including phenoxy) is 3. The summed E-state index contributed by atoms with van der Waals surface area (Å²) in [5, 5.41) is 8.91. The molecular formula is C22H17NO10P+2. The molecule has 5 N–H and O–H groups in total. The van der Waals surface area contributed by atoms with E-state index in [4.69, 9.17) is 23.8 Å². The van der Waals surface area contributed by atoms with Crippen LogP contribution >= 0.6 is 7.82 Å². The van der Waals surface area contributed by atoms with Gasteiger partial charge in [0.2, 0.25) is 0 Å². The number of esters is 1. The molecule has 5 rings (SSSR count). The highest BCUT2D eigenvalue weighted by Crippen LogP contribution is 2.57. The number of phosphoric acid groups is 1. The minimum Gasteiger partial charge on any atom is -0.474 e. The lowest BCUT2D eigenvalue weighted by atomic mass is 9.77. The number of benzene rings is 3. The summed E-state index contributed by atoms with van der Waals surface area (Å²) < 4.78 is 38.3. The Kier molecular flexibility index (Phi) is 5.07. The highest BCUT2D eigenvalue weighted by molar-refractivity contribution is 7.47. The summed E-state index contributed by atoms with van der Waals surface area (Å²) in [4.78, 5) is 33.3. The van der Waals surface area contributed by atoms with Gasteiger partial charge < -0.3 is 19.1 Å². The monoisotopic (exact) mass is 486 g/mol. The third-order valence-electron chi connectivity index (χ3n) is 5.40. The van der Waals surface area contributed by atoms with Gasteiger partial charge in [0.05, 0.1) is 11.6 Å². The van der Waals surface area contributed by atoms with Gasteiger partial charge in [-0.25, -0.2) is 18.9 Å². The van der Waals surface area contributed by atoms with Gasteiger partial charge >= 0.3 is 32.1 Å². The molecule has 2 heterocycles. The number of hydrogen-bond acceptors (Lipinski definition) is 8. The third-order valence-corrected chi connectivity index (χ3v) is 6.17. The Balaban J connectivity index is 1.69. The van der Waals surface area contributed by atoms with Gasteiger partial charge in [0.15, 0.2) is 5.60 Å². The predicted octanol–water partition coefficient (Wildman–Crippen LogP) is 2.37. The van der Waals surface area contributed by atoms with Gasteiger partial charge in [-0.1, -0.05) is 22.8 Å². The Hall–Kier alpha value is -3.89. The number of carboxylic acid groups (broad SMARTS) is 1. The first-order valence-corrected chi connectivity index (χ1v) is 11.3. The Bertz CT molecular complexity index is 1390. The number of carbonyl (C=O) groups is 2. The topological polar surface area (TPSA) is 168 Å². The molecule has 1 radical (unpaired) electrons. The van der Waals surface area contributed by atoms with Gasteiger partial charge in [0.1, 0.15) is 17.2 Å². The fraction of sp³-hybridized carbons (Fsp3) is 0.0909. The van der Waals surface area contributed by atoms with Gasteiger partial charge in [0, 0.05) is 28.8 Å². The second kappa shape index (κ2) is 7.86. The van der Waals surface area contributed by atoms with Crippen molar-refractivity contribution in [2.75, 3.05) is 6.61 Å². The maximum absolute atomic E-state index is 12.8. The van der Waals surface area contributed by atoms with Crippen molar-refractivity contribution in [2.45, 2.75) is 5.60 Å². The summed E-state index contributed by atoms with van der Waals surface area (Å²) in [6.07, 6.45) is 0. The van der Waals surface area contributed by atoms with Crippen LogP contribution in [0.15, 0.2) is 60.7 Å². The van der Waals surface area contributed by atoms with E-state index < -0.39 is 32.0 Å². The van der Waals surface area contributed by atoms with Gasteiger partial charge in [0.25, 0.3) is 0 Å². The van der Waals surface area contributed by atoms with Crippen molar-refractivity contribution < 1.29 is 53.4 Å². The van der Waals surface area contributed by atoms with E-state index in [1.165, 1.54) is 18.2 Å². The second-order valence-electron chi connectivity index (χ2n) is 7.41. The molecule has 0 saturated carbocycles. The van der Waals surface area contributed by atoms with Crippen LogP contribution in [0.4, 0.5) is 0 Å². The van der Waals surface area contributed by atoms with Crippen molar-refractivity contribution >= 4 is 19.8 Å². The molecule has 0 aliphatic carbocycles. The van der Waals surface area contributed by atoms with Crippen molar-refractivity contribution in [3.63, 3.8) is 0 Å². The third kappa shape index (κ3) is 3.47. The Morgan fingerprint density at radius 2 is 1.76 bits per heavy atom. The molecule has 0 amide bonds. The molecule has 3 aromatic carbocycles. The SMILES string of the molecule is [NH3+]OP(=O)(O)Oc1ccc2c(c1)Oc1cc([O+]CC(=O)O)ccc1C21OC(=O)c2ccccc21. The zero-order valence-electron chi connectivity index (χ0n) is 17.3. The zero-order chi connectivity index (χ0) is 24.1. The second-order valence-corrected chi connectivity index (χ2v) is 8.78. The molecule has 2 unspecified atom stereocenters. The molecule has 34 heavy (non-hydrogen) atoms. The number of carbonyl (C=O) groups excluding carboxylic acids is 1. The molecule has 0 bridgehead atoms. The number of hydrogen-bond donors (Lipinski definition) is 3. The molecule has 0 aromatic heterocycles. The Morgan fingerprint density at radius 1 is 1.06 bits per heavy atom. The van der Waals surface area contributed by atoms with E-state index in [1.54, 1.807) is 42.5 Å². The lowest BCUT2D eigenvalue weighted by Crippen LogP contribution is -2.47. The highest BCUT2D eigenvalue weighted by atomic mass is 31.2. The highest BCUT2D eigenvalue weighted by Gasteiger charge is 2.53. The van der Waals surface area contributed by atoms with E-state index in [0.717, 1.165) is 0 Å². The number of quaternary nitrogens is 1. The van der Waals surface area contributed by atoms with Crippen LogP contribution in [-0.4, -0.2) is 28.5 Å². The van der Waals surface area contributed by atoms with E-state index in [2.05, 4.69) is 10.5 Å². The van der Waals surface area contributed by atoms with Crippen molar-refractivity contribution in [3.8, 4) is 23.0 Å². The van der Waals surface area contributed by atoms with E-state index >= 15 is 0 Å². The Morgan fingerprint density at radius 3 is 2.50 bits per heavy atom. The average molecular weight is 486 g/mol. The normalized spacial score (nSPS) is 19.2. The summed E-state index contributed by atoms with van der Waals surface area (Å²) >= 11 is 0.